The first-order chi connectivity index (χ1) is 12.2. The highest BCUT2D eigenvalue weighted by Crippen LogP contribution is 2.12. The molecule has 26 heavy (non-hydrogen) atoms. The van der Waals surface area contributed by atoms with Crippen LogP contribution in [0.25, 0.3) is 0 Å². The second kappa shape index (κ2) is 9.94. The zero-order valence-electron chi connectivity index (χ0n) is 14.5. The number of piperidine rings is 1. The molecule has 1 fully saturated rings. The summed E-state index contributed by atoms with van der Waals surface area (Å²) in [7, 11) is 0. The summed E-state index contributed by atoms with van der Waals surface area (Å²) in [6.07, 6.45) is 2.31. The number of carbonyl (C=O) groups excluding carboxylic acids is 2. The first kappa shape index (κ1) is 19.9. The molecule has 0 aliphatic carbocycles. The molecule has 1 atom stereocenters. The smallest absolute Gasteiger partial charge is 0.255 e. The van der Waals surface area contributed by atoms with E-state index in [-0.39, 0.29) is 24.2 Å². The Balaban J connectivity index is 0.00000243. The maximum atomic E-state index is 12.2. The van der Waals surface area contributed by atoms with Crippen molar-refractivity contribution < 1.29 is 9.59 Å². The van der Waals surface area contributed by atoms with Crippen LogP contribution in [0.5, 0.6) is 0 Å². The Morgan fingerprint density at radius 3 is 2.31 bits per heavy atom. The van der Waals surface area contributed by atoms with Crippen molar-refractivity contribution in [3.8, 4) is 0 Å². The van der Waals surface area contributed by atoms with Gasteiger partial charge in [-0.2, -0.15) is 0 Å². The third-order valence-corrected chi connectivity index (χ3v) is 4.39. The maximum absolute atomic E-state index is 12.2. The fourth-order valence-electron chi connectivity index (χ4n) is 2.94. The third-order valence-electron chi connectivity index (χ3n) is 4.39. The zero-order valence-corrected chi connectivity index (χ0v) is 15.4. The van der Waals surface area contributed by atoms with Crippen LogP contribution in [-0.2, 0) is 0 Å². The molecule has 2 aromatic rings. The van der Waals surface area contributed by atoms with Crippen molar-refractivity contribution in [2.24, 2.45) is 5.92 Å². The minimum Gasteiger partial charge on any atom is -0.352 e. The molecule has 6 heteroatoms. The molecule has 0 spiro atoms. The average Bonchev–Trinajstić information content (AvgIpc) is 2.68. The lowest BCUT2D eigenvalue weighted by atomic mass is 9.99. The van der Waals surface area contributed by atoms with E-state index in [1.54, 1.807) is 36.4 Å². The average molecular weight is 374 g/mol. The number of benzene rings is 2. The largest absolute Gasteiger partial charge is 0.352 e. The summed E-state index contributed by atoms with van der Waals surface area (Å²) in [4.78, 5) is 24.3. The summed E-state index contributed by atoms with van der Waals surface area (Å²) >= 11 is 0. The van der Waals surface area contributed by atoms with E-state index < -0.39 is 0 Å². The Morgan fingerprint density at radius 2 is 1.65 bits per heavy atom. The molecule has 2 aromatic carbocycles. The first-order valence-electron chi connectivity index (χ1n) is 8.68. The van der Waals surface area contributed by atoms with E-state index in [0.29, 0.717) is 29.3 Å². The number of rotatable bonds is 5. The van der Waals surface area contributed by atoms with Crippen LogP contribution in [0, 0.1) is 5.92 Å². The van der Waals surface area contributed by atoms with Crippen molar-refractivity contribution in [2.45, 2.75) is 12.8 Å². The molecule has 0 radical (unpaired) electrons. The van der Waals surface area contributed by atoms with Crippen LogP contribution >= 0.6 is 12.4 Å². The summed E-state index contributed by atoms with van der Waals surface area (Å²) in [5.41, 5.74) is 1.87. The van der Waals surface area contributed by atoms with Gasteiger partial charge in [0.1, 0.15) is 0 Å². The predicted octanol–water partition coefficient (Wildman–Crippen LogP) is 3.09. The van der Waals surface area contributed by atoms with Crippen LogP contribution < -0.4 is 16.0 Å². The van der Waals surface area contributed by atoms with Gasteiger partial charge in [-0.3, -0.25) is 9.59 Å². The maximum Gasteiger partial charge on any atom is 0.255 e. The van der Waals surface area contributed by atoms with Gasteiger partial charge in [0, 0.05) is 23.4 Å². The fourth-order valence-corrected chi connectivity index (χ4v) is 2.94. The highest BCUT2D eigenvalue weighted by molar-refractivity contribution is 6.04. The monoisotopic (exact) mass is 373 g/mol. The lowest BCUT2D eigenvalue weighted by Gasteiger charge is -2.22. The first-order valence-corrected chi connectivity index (χ1v) is 8.68. The molecule has 0 saturated carbocycles. The number of amides is 2. The van der Waals surface area contributed by atoms with Gasteiger partial charge in [0.25, 0.3) is 11.8 Å². The quantitative estimate of drug-likeness (QED) is 0.754. The molecular formula is C20H24ClN3O2. The standard InChI is InChI=1S/C20H23N3O2.ClH/c24-19(22-14-15-5-4-12-21-13-15)17-8-10-18(11-9-17)23-20(25)16-6-2-1-3-7-16;/h1-3,6-11,15,21H,4-5,12-14H2,(H,22,24)(H,23,25);1H. The lowest BCUT2D eigenvalue weighted by molar-refractivity contribution is 0.0944. The summed E-state index contributed by atoms with van der Waals surface area (Å²) < 4.78 is 0. The van der Waals surface area contributed by atoms with Crippen LogP contribution in [-0.4, -0.2) is 31.4 Å². The molecule has 5 nitrogen and oxygen atoms in total. The predicted molar refractivity (Wildman–Crippen MR) is 106 cm³/mol. The second-order valence-corrected chi connectivity index (χ2v) is 6.32. The SMILES string of the molecule is Cl.O=C(NCC1CCCNC1)c1ccc(NC(=O)c2ccccc2)cc1. The van der Waals surface area contributed by atoms with Crippen molar-refractivity contribution in [1.82, 2.24) is 10.6 Å². The molecule has 3 N–H and O–H groups in total. The number of nitrogens with one attached hydrogen (secondary N) is 3. The second-order valence-electron chi connectivity index (χ2n) is 6.32. The zero-order chi connectivity index (χ0) is 17.5. The molecule has 3 rings (SSSR count). The van der Waals surface area contributed by atoms with Gasteiger partial charge in [-0.05, 0) is 68.2 Å². The summed E-state index contributed by atoms with van der Waals surface area (Å²) in [6, 6.07) is 16.0. The Kier molecular flexibility index (Phi) is 7.63. The van der Waals surface area contributed by atoms with Gasteiger partial charge >= 0.3 is 0 Å². The van der Waals surface area contributed by atoms with E-state index in [4.69, 9.17) is 0 Å². The Morgan fingerprint density at radius 1 is 0.962 bits per heavy atom. The highest BCUT2D eigenvalue weighted by atomic mass is 35.5. The molecule has 138 valence electrons. The Labute approximate surface area is 160 Å². The van der Waals surface area contributed by atoms with Gasteiger partial charge in [0.15, 0.2) is 0 Å². The molecule has 0 bridgehead atoms. The minimum atomic E-state index is -0.164. The topological polar surface area (TPSA) is 70.2 Å². The lowest BCUT2D eigenvalue weighted by Crippen LogP contribution is -2.38. The van der Waals surface area contributed by atoms with Crippen LogP contribution in [0.1, 0.15) is 33.6 Å². The van der Waals surface area contributed by atoms with E-state index in [0.717, 1.165) is 25.9 Å². The number of carbonyl (C=O) groups is 2. The van der Waals surface area contributed by atoms with E-state index in [9.17, 15) is 9.59 Å². The number of halogens is 1. The molecule has 0 aromatic heterocycles. The molecule has 1 unspecified atom stereocenters. The van der Waals surface area contributed by atoms with Crippen molar-refractivity contribution in [3.05, 3.63) is 65.7 Å². The number of anilines is 1. The van der Waals surface area contributed by atoms with Gasteiger partial charge in [-0.15, -0.1) is 12.4 Å². The van der Waals surface area contributed by atoms with Gasteiger partial charge in [-0.1, -0.05) is 18.2 Å². The third kappa shape index (κ3) is 5.58. The molecule has 1 saturated heterocycles. The Bertz CT molecular complexity index is 714. The van der Waals surface area contributed by atoms with Crippen molar-refractivity contribution in [1.29, 1.82) is 0 Å². The molecule has 1 aliphatic rings. The molecule has 1 heterocycles. The van der Waals surface area contributed by atoms with Gasteiger partial charge in [0.05, 0.1) is 0 Å². The Hall–Kier alpha value is -2.37. The summed E-state index contributed by atoms with van der Waals surface area (Å²) in [5.74, 6) is 0.260. The van der Waals surface area contributed by atoms with E-state index in [1.807, 2.05) is 18.2 Å². The van der Waals surface area contributed by atoms with Crippen LogP contribution in [0.2, 0.25) is 0 Å². The number of hydrogen-bond acceptors (Lipinski definition) is 3. The van der Waals surface area contributed by atoms with Crippen molar-refractivity contribution >= 4 is 29.9 Å². The van der Waals surface area contributed by atoms with Gasteiger partial charge in [-0.25, -0.2) is 0 Å². The molecule has 1 aliphatic heterocycles. The van der Waals surface area contributed by atoms with Gasteiger partial charge < -0.3 is 16.0 Å². The van der Waals surface area contributed by atoms with Gasteiger partial charge in [0.2, 0.25) is 0 Å². The minimum absolute atomic E-state index is 0. The number of hydrogen-bond donors (Lipinski definition) is 3. The van der Waals surface area contributed by atoms with E-state index in [2.05, 4.69) is 16.0 Å². The summed E-state index contributed by atoms with van der Waals surface area (Å²) in [5, 5.41) is 9.16. The van der Waals surface area contributed by atoms with Crippen LogP contribution in [0.15, 0.2) is 54.6 Å². The highest BCUT2D eigenvalue weighted by Gasteiger charge is 2.14. The van der Waals surface area contributed by atoms with Crippen LogP contribution in [0.4, 0.5) is 5.69 Å². The van der Waals surface area contributed by atoms with Crippen molar-refractivity contribution in [2.75, 3.05) is 25.0 Å². The summed E-state index contributed by atoms with van der Waals surface area (Å²) in [6.45, 7) is 2.73. The van der Waals surface area contributed by atoms with E-state index in [1.165, 1.54) is 0 Å². The fraction of sp³-hybridized carbons (Fsp3) is 0.300. The van der Waals surface area contributed by atoms with Crippen LogP contribution in [0.3, 0.4) is 0 Å². The molecule has 2 amide bonds. The van der Waals surface area contributed by atoms with E-state index >= 15 is 0 Å². The normalized spacial score (nSPS) is 16.2. The van der Waals surface area contributed by atoms with Crippen molar-refractivity contribution in [3.63, 3.8) is 0 Å². The molecular weight excluding hydrogens is 350 g/mol.